The van der Waals surface area contributed by atoms with Crippen molar-refractivity contribution in [3.8, 4) is 0 Å². The van der Waals surface area contributed by atoms with Gasteiger partial charge >= 0.3 is 12.0 Å². The molecule has 0 aliphatic heterocycles. The highest BCUT2D eigenvalue weighted by Gasteiger charge is 2.19. The number of carbonyl (C=O) groups is 2. The third-order valence-corrected chi connectivity index (χ3v) is 2.70. The van der Waals surface area contributed by atoms with Gasteiger partial charge in [-0.2, -0.15) is 0 Å². The predicted octanol–water partition coefficient (Wildman–Crippen LogP) is 1.02. The highest BCUT2D eigenvalue weighted by Crippen LogP contribution is 2.03. The molecule has 0 bridgehead atoms. The number of amides is 2. The molecule has 2 amide bonds. The normalized spacial score (nSPS) is 11.7. The Balaban J connectivity index is 2.43. The van der Waals surface area contributed by atoms with Crippen molar-refractivity contribution in [2.75, 3.05) is 20.3 Å². The van der Waals surface area contributed by atoms with Crippen LogP contribution in [0.2, 0.25) is 0 Å². The largest absolute Gasteiger partial charge is 0.480 e. The first kappa shape index (κ1) is 16.0. The number of carbonyl (C=O) groups excluding carboxylic acids is 1. The zero-order valence-electron chi connectivity index (χ0n) is 11.5. The monoisotopic (exact) mass is 280 g/mol. The van der Waals surface area contributed by atoms with Crippen LogP contribution in [-0.2, 0) is 16.0 Å². The Morgan fingerprint density at radius 1 is 1.30 bits per heavy atom. The minimum absolute atomic E-state index is 0.252. The molecule has 0 aromatic heterocycles. The van der Waals surface area contributed by atoms with Crippen molar-refractivity contribution in [3.63, 3.8) is 0 Å². The number of hydrogen-bond donors (Lipinski definition) is 3. The van der Waals surface area contributed by atoms with Crippen molar-refractivity contribution in [3.05, 3.63) is 35.9 Å². The van der Waals surface area contributed by atoms with Crippen LogP contribution in [0.5, 0.6) is 0 Å². The van der Waals surface area contributed by atoms with Gasteiger partial charge in [0.25, 0.3) is 0 Å². The van der Waals surface area contributed by atoms with E-state index < -0.39 is 18.0 Å². The molecule has 0 saturated carbocycles. The summed E-state index contributed by atoms with van der Waals surface area (Å²) in [5.41, 5.74) is 0.861. The quantitative estimate of drug-likeness (QED) is 0.620. The summed E-state index contributed by atoms with van der Waals surface area (Å²) in [6.45, 7) is 0.990. The predicted molar refractivity (Wildman–Crippen MR) is 74.6 cm³/mol. The molecule has 6 nitrogen and oxygen atoms in total. The molecule has 20 heavy (non-hydrogen) atoms. The van der Waals surface area contributed by atoms with Gasteiger partial charge in [-0.05, 0) is 12.0 Å². The van der Waals surface area contributed by atoms with E-state index in [0.717, 1.165) is 5.56 Å². The summed E-state index contributed by atoms with van der Waals surface area (Å²) >= 11 is 0. The summed E-state index contributed by atoms with van der Waals surface area (Å²) < 4.78 is 4.86. The molecule has 1 atom stereocenters. The number of methoxy groups -OCH3 is 1. The second-order valence-corrected chi connectivity index (χ2v) is 4.33. The fourth-order valence-electron chi connectivity index (χ4n) is 1.68. The number of nitrogens with one attached hydrogen (secondary N) is 2. The van der Waals surface area contributed by atoms with Gasteiger partial charge in [-0.15, -0.1) is 0 Å². The van der Waals surface area contributed by atoms with Crippen LogP contribution < -0.4 is 10.6 Å². The van der Waals surface area contributed by atoms with Gasteiger partial charge in [0.15, 0.2) is 0 Å². The molecular formula is C14H20N2O4. The maximum Gasteiger partial charge on any atom is 0.326 e. The molecule has 1 unspecified atom stereocenters. The Bertz CT molecular complexity index is 422. The molecule has 0 aliphatic rings. The van der Waals surface area contributed by atoms with Crippen LogP contribution in [0.4, 0.5) is 4.79 Å². The summed E-state index contributed by atoms with van der Waals surface area (Å²) in [7, 11) is 1.58. The first-order valence-corrected chi connectivity index (χ1v) is 6.43. The SMILES string of the molecule is COCCCNC(=O)NC(Cc1ccccc1)C(=O)O. The van der Waals surface area contributed by atoms with Gasteiger partial charge in [0, 0.05) is 26.7 Å². The Labute approximate surface area is 118 Å². The number of rotatable bonds is 8. The molecule has 0 heterocycles. The lowest BCUT2D eigenvalue weighted by molar-refractivity contribution is -0.139. The molecule has 0 aliphatic carbocycles. The molecule has 110 valence electrons. The molecule has 0 saturated heterocycles. The fourth-order valence-corrected chi connectivity index (χ4v) is 1.68. The van der Waals surface area contributed by atoms with Crippen molar-refractivity contribution in [1.29, 1.82) is 0 Å². The van der Waals surface area contributed by atoms with E-state index in [1.807, 2.05) is 30.3 Å². The van der Waals surface area contributed by atoms with Crippen molar-refractivity contribution in [2.45, 2.75) is 18.9 Å². The lowest BCUT2D eigenvalue weighted by atomic mass is 10.1. The summed E-state index contributed by atoms with van der Waals surface area (Å²) in [6.07, 6.45) is 0.933. The standard InChI is InChI=1S/C14H20N2O4/c1-20-9-5-8-15-14(19)16-12(13(17)18)10-11-6-3-2-4-7-11/h2-4,6-7,12H,5,8-10H2,1H3,(H,17,18)(H2,15,16,19). The van der Waals surface area contributed by atoms with Crippen molar-refractivity contribution >= 4 is 12.0 Å². The molecule has 0 fully saturated rings. The van der Waals surface area contributed by atoms with E-state index in [-0.39, 0.29) is 6.42 Å². The minimum Gasteiger partial charge on any atom is -0.480 e. The van der Waals surface area contributed by atoms with Crippen LogP contribution in [0.15, 0.2) is 30.3 Å². The fraction of sp³-hybridized carbons (Fsp3) is 0.429. The Morgan fingerprint density at radius 3 is 2.60 bits per heavy atom. The average Bonchev–Trinajstić information content (AvgIpc) is 2.44. The molecule has 6 heteroatoms. The van der Waals surface area contributed by atoms with Crippen LogP contribution in [0.3, 0.4) is 0 Å². The minimum atomic E-state index is -1.05. The zero-order valence-corrected chi connectivity index (χ0v) is 11.5. The zero-order chi connectivity index (χ0) is 14.8. The first-order chi connectivity index (χ1) is 9.63. The lowest BCUT2D eigenvalue weighted by Crippen LogP contribution is -2.47. The number of aliphatic carboxylic acids is 1. The van der Waals surface area contributed by atoms with Gasteiger partial charge in [0.2, 0.25) is 0 Å². The third-order valence-electron chi connectivity index (χ3n) is 2.70. The molecule has 1 aromatic carbocycles. The van der Waals surface area contributed by atoms with Crippen molar-refractivity contribution in [1.82, 2.24) is 10.6 Å². The first-order valence-electron chi connectivity index (χ1n) is 6.43. The van der Waals surface area contributed by atoms with E-state index in [1.165, 1.54) is 0 Å². The van der Waals surface area contributed by atoms with Gasteiger partial charge in [-0.1, -0.05) is 30.3 Å². The highest BCUT2D eigenvalue weighted by molar-refractivity contribution is 5.82. The summed E-state index contributed by atoms with van der Waals surface area (Å²) in [5.74, 6) is -1.05. The summed E-state index contributed by atoms with van der Waals surface area (Å²) in [6, 6.07) is 7.75. The molecule has 0 radical (unpaired) electrons. The van der Waals surface area contributed by atoms with E-state index in [4.69, 9.17) is 9.84 Å². The van der Waals surface area contributed by atoms with Crippen LogP contribution in [0.1, 0.15) is 12.0 Å². The molecule has 3 N–H and O–H groups in total. The van der Waals surface area contributed by atoms with E-state index in [9.17, 15) is 9.59 Å². The maximum absolute atomic E-state index is 11.6. The average molecular weight is 280 g/mol. The Kier molecular flexibility index (Phi) is 7.13. The smallest absolute Gasteiger partial charge is 0.326 e. The number of benzene rings is 1. The number of carboxylic acid groups (broad SMARTS) is 1. The van der Waals surface area contributed by atoms with E-state index in [0.29, 0.717) is 19.6 Å². The number of carboxylic acids is 1. The molecule has 0 spiro atoms. The topological polar surface area (TPSA) is 87.7 Å². The van der Waals surface area contributed by atoms with Crippen molar-refractivity contribution in [2.24, 2.45) is 0 Å². The highest BCUT2D eigenvalue weighted by atomic mass is 16.5. The van der Waals surface area contributed by atoms with E-state index >= 15 is 0 Å². The second-order valence-electron chi connectivity index (χ2n) is 4.33. The second kappa shape index (κ2) is 8.92. The molecule has 1 rings (SSSR count). The number of hydrogen-bond acceptors (Lipinski definition) is 3. The van der Waals surface area contributed by atoms with Crippen LogP contribution in [0.25, 0.3) is 0 Å². The third kappa shape index (κ3) is 6.19. The molecular weight excluding hydrogens is 260 g/mol. The van der Waals surface area contributed by atoms with Crippen LogP contribution >= 0.6 is 0 Å². The van der Waals surface area contributed by atoms with Gasteiger partial charge in [-0.25, -0.2) is 9.59 Å². The number of ether oxygens (including phenoxy) is 1. The summed E-state index contributed by atoms with van der Waals surface area (Å²) in [5, 5.41) is 14.2. The van der Waals surface area contributed by atoms with E-state index in [2.05, 4.69) is 10.6 Å². The van der Waals surface area contributed by atoms with Gasteiger partial charge in [-0.3, -0.25) is 0 Å². The van der Waals surface area contributed by atoms with E-state index in [1.54, 1.807) is 7.11 Å². The Morgan fingerprint density at radius 2 is 2.00 bits per heavy atom. The Hall–Kier alpha value is -2.08. The summed E-state index contributed by atoms with van der Waals surface area (Å²) in [4.78, 5) is 22.7. The van der Waals surface area contributed by atoms with Crippen molar-refractivity contribution < 1.29 is 19.4 Å². The van der Waals surface area contributed by atoms with Gasteiger partial charge in [0.05, 0.1) is 0 Å². The lowest BCUT2D eigenvalue weighted by Gasteiger charge is -2.15. The van der Waals surface area contributed by atoms with Crippen LogP contribution in [0, 0.1) is 0 Å². The van der Waals surface area contributed by atoms with Gasteiger partial charge in [0.1, 0.15) is 6.04 Å². The molecule has 1 aromatic rings. The van der Waals surface area contributed by atoms with Crippen LogP contribution in [-0.4, -0.2) is 43.4 Å². The maximum atomic E-state index is 11.6. The number of urea groups is 1. The van der Waals surface area contributed by atoms with Gasteiger partial charge < -0.3 is 20.5 Å².